The van der Waals surface area contributed by atoms with Crippen molar-refractivity contribution in [2.45, 2.75) is 19.8 Å². The highest BCUT2D eigenvalue weighted by molar-refractivity contribution is 9.10. The Hall–Kier alpha value is -0.570. The van der Waals surface area contributed by atoms with Crippen LogP contribution in [0.4, 0.5) is 10.1 Å². The van der Waals surface area contributed by atoms with E-state index < -0.39 is 0 Å². The Morgan fingerprint density at radius 1 is 1.43 bits per heavy atom. The van der Waals surface area contributed by atoms with Crippen molar-refractivity contribution in [3.8, 4) is 0 Å². The Labute approximate surface area is 93.0 Å². The normalized spacial score (nSPS) is 10.3. The Morgan fingerprint density at radius 3 is 2.71 bits per heavy atom. The van der Waals surface area contributed by atoms with Gasteiger partial charge in [-0.05, 0) is 40.5 Å². The number of unbranched alkanes of at least 4 members (excludes halogenated alkanes) is 1. The molecular formula is C11H15BrFN. The van der Waals surface area contributed by atoms with Crippen LogP contribution in [0.1, 0.15) is 19.8 Å². The summed E-state index contributed by atoms with van der Waals surface area (Å²) in [7, 11) is 1.98. The molecule has 0 N–H and O–H groups in total. The highest BCUT2D eigenvalue weighted by Gasteiger charge is 2.03. The van der Waals surface area contributed by atoms with Gasteiger partial charge in [-0.15, -0.1) is 0 Å². The molecule has 0 unspecified atom stereocenters. The van der Waals surface area contributed by atoms with Crippen molar-refractivity contribution in [2.75, 3.05) is 18.5 Å². The number of anilines is 1. The Morgan fingerprint density at radius 2 is 2.14 bits per heavy atom. The second-order valence-corrected chi connectivity index (χ2v) is 4.23. The number of nitrogens with zero attached hydrogens (tertiary/aromatic N) is 1. The molecule has 0 saturated heterocycles. The van der Waals surface area contributed by atoms with E-state index in [2.05, 4.69) is 27.8 Å². The quantitative estimate of drug-likeness (QED) is 0.795. The minimum absolute atomic E-state index is 0.203. The number of hydrogen-bond donors (Lipinski definition) is 0. The molecule has 0 saturated carbocycles. The number of halogens is 2. The van der Waals surface area contributed by atoms with Crippen LogP contribution in [-0.2, 0) is 0 Å². The highest BCUT2D eigenvalue weighted by Crippen LogP contribution is 2.21. The van der Waals surface area contributed by atoms with Gasteiger partial charge in [-0.3, -0.25) is 0 Å². The molecule has 0 bridgehead atoms. The van der Waals surface area contributed by atoms with Gasteiger partial charge in [0.2, 0.25) is 0 Å². The summed E-state index contributed by atoms with van der Waals surface area (Å²) in [4.78, 5) is 2.07. The highest BCUT2D eigenvalue weighted by atomic mass is 79.9. The first-order valence-corrected chi connectivity index (χ1v) is 5.60. The molecule has 0 aliphatic carbocycles. The molecule has 0 spiro atoms. The number of hydrogen-bond acceptors (Lipinski definition) is 1. The predicted octanol–water partition coefficient (Wildman–Crippen LogP) is 3.82. The van der Waals surface area contributed by atoms with Crippen LogP contribution in [-0.4, -0.2) is 13.6 Å². The summed E-state index contributed by atoms with van der Waals surface area (Å²) in [6, 6.07) is 5.22. The minimum Gasteiger partial charge on any atom is -0.375 e. The van der Waals surface area contributed by atoms with Crippen molar-refractivity contribution in [1.29, 1.82) is 0 Å². The van der Waals surface area contributed by atoms with Gasteiger partial charge in [0.25, 0.3) is 0 Å². The lowest BCUT2D eigenvalue weighted by Gasteiger charge is -2.19. The van der Waals surface area contributed by atoms with Gasteiger partial charge in [-0.2, -0.15) is 0 Å². The van der Waals surface area contributed by atoms with Crippen LogP contribution < -0.4 is 4.90 Å². The third-order valence-electron chi connectivity index (χ3n) is 2.19. The zero-order chi connectivity index (χ0) is 10.6. The lowest BCUT2D eigenvalue weighted by atomic mass is 10.2. The van der Waals surface area contributed by atoms with E-state index in [9.17, 15) is 4.39 Å². The molecule has 14 heavy (non-hydrogen) atoms. The molecule has 0 aliphatic rings. The average Bonchev–Trinajstić information content (AvgIpc) is 2.18. The Balaban J connectivity index is 2.70. The zero-order valence-corrected chi connectivity index (χ0v) is 10.1. The van der Waals surface area contributed by atoms with Crippen molar-refractivity contribution >= 4 is 21.6 Å². The van der Waals surface area contributed by atoms with Crippen molar-refractivity contribution in [3.63, 3.8) is 0 Å². The molecule has 0 fully saturated rings. The summed E-state index contributed by atoms with van der Waals surface area (Å²) in [5.74, 6) is -0.203. The van der Waals surface area contributed by atoms with Gasteiger partial charge in [0.05, 0.1) is 4.47 Å². The molecule has 0 aliphatic heterocycles. The molecular weight excluding hydrogens is 245 g/mol. The lowest BCUT2D eigenvalue weighted by molar-refractivity contribution is 0.620. The SMILES string of the molecule is CCCCN(C)c1ccc(Br)c(F)c1. The van der Waals surface area contributed by atoms with Crippen LogP contribution in [0.5, 0.6) is 0 Å². The second kappa shape index (κ2) is 5.35. The smallest absolute Gasteiger partial charge is 0.139 e. The van der Waals surface area contributed by atoms with Gasteiger partial charge in [0.15, 0.2) is 0 Å². The van der Waals surface area contributed by atoms with E-state index in [-0.39, 0.29) is 5.82 Å². The van der Waals surface area contributed by atoms with Crippen molar-refractivity contribution < 1.29 is 4.39 Å². The molecule has 0 heterocycles. The van der Waals surface area contributed by atoms with Crippen LogP contribution in [0.2, 0.25) is 0 Å². The fourth-order valence-electron chi connectivity index (χ4n) is 1.25. The summed E-state index contributed by atoms with van der Waals surface area (Å²) >= 11 is 3.14. The van der Waals surface area contributed by atoms with E-state index in [0.29, 0.717) is 4.47 Å². The lowest BCUT2D eigenvalue weighted by Crippen LogP contribution is -2.18. The minimum atomic E-state index is -0.203. The molecule has 1 aromatic rings. The second-order valence-electron chi connectivity index (χ2n) is 3.37. The first-order chi connectivity index (χ1) is 6.65. The Kier molecular flexibility index (Phi) is 4.39. The molecule has 1 rings (SSSR count). The average molecular weight is 260 g/mol. The molecule has 0 aromatic heterocycles. The maximum Gasteiger partial charge on any atom is 0.139 e. The van der Waals surface area contributed by atoms with Crippen molar-refractivity contribution in [1.82, 2.24) is 0 Å². The molecule has 0 atom stereocenters. The van der Waals surface area contributed by atoms with Gasteiger partial charge in [0.1, 0.15) is 5.82 Å². The Bertz CT molecular complexity index is 301. The molecule has 0 radical (unpaired) electrons. The summed E-state index contributed by atoms with van der Waals surface area (Å²) in [6.07, 6.45) is 2.29. The summed E-state index contributed by atoms with van der Waals surface area (Å²) in [5.41, 5.74) is 0.930. The van der Waals surface area contributed by atoms with Crippen LogP contribution in [0.3, 0.4) is 0 Å². The molecule has 78 valence electrons. The third-order valence-corrected chi connectivity index (χ3v) is 2.83. The first kappa shape index (κ1) is 11.5. The molecule has 1 aromatic carbocycles. The summed E-state index contributed by atoms with van der Waals surface area (Å²) in [6.45, 7) is 3.12. The first-order valence-electron chi connectivity index (χ1n) is 4.81. The monoisotopic (exact) mass is 259 g/mol. The van der Waals surface area contributed by atoms with Gasteiger partial charge >= 0.3 is 0 Å². The van der Waals surface area contributed by atoms with E-state index >= 15 is 0 Å². The number of rotatable bonds is 4. The number of benzene rings is 1. The fourth-order valence-corrected chi connectivity index (χ4v) is 1.49. The largest absolute Gasteiger partial charge is 0.375 e. The van der Waals surface area contributed by atoms with E-state index in [0.717, 1.165) is 25.1 Å². The van der Waals surface area contributed by atoms with Crippen LogP contribution in [0, 0.1) is 5.82 Å². The standard InChI is InChI=1S/C11H15BrFN/c1-3-4-7-14(2)9-5-6-10(12)11(13)8-9/h5-6,8H,3-4,7H2,1-2H3. The maximum atomic E-state index is 13.2. The van der Waals surface area contributed by atoms with Gasteiger partial charge in [0, 0.05) is 19.3 Å². The third kappa shape index (κ3) is 2.98. The topological polar surface area (TPSA) is 3.24 Å². The predicted molar refractivity (Wildman–Crippen MR) is 62.3 cm³/mol. The van der Waals surface area contributed by atoms with E-state index in [1.165, 1.54) is 0 Å². The zero-order valence-electron chi connectivity index (χ0n) is 8.56. The summed E-state index contributed by atoms with van der Waals surface area (Å²) in [5, 5.41) is 0. The van der Waals surface area contributed by atoms with E-state index in [1.807, 2.05) is 13.1 Å². The van der Waals surface area contributed by atoms with Crippen molar-refractivity contribution in [2.24, 2.45) is 0 Å². The van der Waals surface area contributed by atoms with Crippen LogP contribution >= 0.6 is 15.9 Å². The fraction of sp³-hybridized carbons (Fsp3) is 0.455. The van der Waals surface area contributed by atoms with Gasteiger partial charge in [-0.1, -0.05) is 13.3 Å². The van der Waals surface area contributed by atoms with Crippen LogP contribution in [0.15, 0.2) is 22.7 Å². The van der Waals surface area contributed by atoms with Gasteiger partial charge < -0.3 is 4.90 Å². The molecule has 3 heteroatoms. The van der Waals surface area contributed by atoms with Gasteiger partial charge in [-0.25, -0.2) is 4.39 Å². The van der Waals surface area contributed by atoms with E-state index in [1.54, 1.807) is 12.1 Å². The van der Waals surface area contributed by atoms with Crippen molar-refractivity contribution in [3.05, 3.63) is 28.5 Å². The molecule has 0 amide bonds. The van der Waals surface area contributed by atoms with Crippen LogP contribution in [0.25, 0.3) is 0 Å². The summed E-state index contributed by atoms with van der Waals surface area (Å²) < 4.78 is 13.7. The van der Waals surface area contributed by atoms with E-state index in [4.69, 9.17) is 0 Å². The molecule has 1 nitrogen and oxygen atoms in total. The maximum absolute atomic E-state index is 13.2.